The molecule has 0 aliphatic heterocycles. The molecule has 0 amide bonds. The van der Waals surface area contributed by atoms with E-state index in [0.29, 0.717) is 6.61 Å². The predicted molar refractivity (Wildman–Crippen MR) is 62.6 cm³/mol. The molecule has 0 aliphatic carbocycles. The van der Waals surface area contributed by atoms with Crippen molar-refractivity contribution in [3.8, 4) is 0 Å². The van der Waals surface area contributed by atoms with Crippen LogP contribution in [-0.2, 0) is 9.53 Å². The van der Waals surface area contributed by atoms with Gasteiger partial charge in [0.15, 0.2) is 0 Å². The molecule has 0 bridgehead atoms. The number of carbonyl (C=O) groups is 1. The van der Waals surface area contributed by atoms with Gasteiger partial charge >= 0.3 is 5.97 Å². The third-order valence-corrected chi connectivity index (χ3v) is 2.28. The maximum atomic E-state index is 10.6. The Morgan fingerprint density at radius 1 is 1.14 bits per heavy atom. The van der Waals surface area contributed by atoms with Crippen LogP contribution in [0.1, 0.15) is 51.9 Å². The summed E-state index contributed by atoms with van der Waals surface area (Å²) in [6.45, 7) is 2.73. The molecule has 0 heterocycles. The van der Waals surface area contributed by atoms with E-state index in [1.807, 2.05) is 0 Å². The van der Waals surface area contributed by atoms with E-state index in [4.69, 9.17) is 4.74 Å². The zero-order valence-corrected chi connectivity index (χ0v) is 9.78. The minimum atomic E-state index is -0.383. The van der Waals surface area contributed by atoms with Crippen molar-refractivity contribution in [2.75, 3.05) is 6.61 Å². The highest BCUT2D eigenvalue weighted by atomic mass is 32.1. The smallest absolute Gasteiger partial charge is 0.341 e. The third-order valence-electron chi connectivity index (χ3n) is 2.09. The fourth-order valence-electron chi connectivity index (χ4n) is 1.27. The van der Waals surface area contributed by atoms with Crippen molar-refractivity contribution in [2.24, 2.45) is 0 Å². The molecule has 0 unspecified atom stereocenters. The normalized spacial score (nSPS) is 9.79. The van der Waals surface area contributed by atoms with Crippen molar-refractivity contribution < 1.29 is 9.53 Å². The van der Waals surface area contributed by atoms with E-state index in [9.17, 15) is 4.79 Å². The summed E-state index contributed by atoms with van der Waals surface area (Å²) < 4.78 is 4.82. The Morgan fingerprint density at radius 3 is 2.29 bits per heavy atom. The molecule has 0 rings (SSSR count). The first-order chi connectivity index (χ1) is 6.81. The molecule has 0 aromatic rings. The molecule has 0 atom stereocenters. The number of ether oxygens (including phenoxy) is 1. The van der Waals surface area contributed by atoms with Crippen molar-refractivity contribution in [2.45, 2.75) is 51.9 Å². The van der Waals surface area contributed by atoms with Gasteiger partial charge in [0.05, 0.1) is 12.0 Å². The Kier molecular flexibility index (Phi) is 10.3. The van der Waals surface area contributed by atoms with E-state index < -0.39 is 0 Å². The topological polar surface area (TPSA) is 26.3 Å². The molecule has 0 aromatic carbocycles. The highest BCUT2D eigenvalue weighted by Gasteiger charge is 1.95. The highest BCUT2D eigenvalue weighted by molar-refractivity contribution is 7.80. The molecular formula is C11H20O2S. The van der Waals surface area contributed by atoms with E-state index in [1.54, 1.807) is 0 Å². The predicted octanol–water partition coefficient (Wildman–Crippen LogP) is 3.28. The van der Waals surface area contributed by atoms with Crippen molar-refractivity contribution >= 4 is 23.6 Å². The first kappa shape index (κ1) is 13.6. The van der Waals surface area contributed by atoms with Gasteiger partial charge in [-0.1, -0.05) is 57.7 Å². The number of thiocarbonyl (C=S) groups is 1. The monoisotopic (exact) mass is 216 g/mol. The van der Waals surface area contributed by atoms with Gasteiger partial charge in [-0.15, -0.1) is 0 Å². The van der Waals surface area contributed by atoms with Gasteiger partial charge in [-0.25, -0.2) is 4.79 Å². The molecule has 0 saturated carbocycles. The Bertz CT molecular complexity index is 157. The summed E-state index contributed by atoms with van der Waals surface area (Å²) in [4.78, 5) is 10.6. The van der Waals surface area contributed by atoms with E-state index >= 15 is 0 Å². The Morgan fingerprint density at radius 2 is 1.71 bits per heavy atom. The maximum absolute atomic E-state index is 10.6. The van der Waals surface area contributed by atoms with E-state index in [1.165, 1.54) is 32.1 Å². The standard InChI is InChI=1S/C11H20O2S/c1-2-3-4-5-6-7-8-9-13-11(12)10-14/h10H,2-9H2,1H3. The van der Waals surface area contributed by atoms with Crippen LogP contribution in [0.3, 0.4) is 0 Å². The van der Waals surface area contributed by atoms with E-state index in [0.717, 1.165) is 18.2 Å². The van der Waals surface area contributed by atoms with Crippen LogP contribution in [0.2, 0.25) is 0 Å². The average molecular weight is 216 g/mol. The largest absolute Gasteiger partial charge is 0.462 e. The summed E-state index contributed by atoms with van der Waals surface area (Å²) in [6.07, 6.45) is 8.60. The molecule has 0 N–H and O–H groups in total. The quantitative estimate of drug-likeness (QED) is 0.336. The van der Waals surface area contributed by atoms with Crippen LogP contribution in [0.15, 0.2) is 0 Å². The van der Waals surface area contributed by atoms with Crippen molar-refractivity contribution in [1.82, 2.24) is 0 Å². The van der Waals surface area contributed by atoms with Gasteiger partial charge in [-0.3, -0.25) is 0 Å². The third kappa shape index (κ3) is 9.65. The van der Waals surface area contributed by atoms with Crippen LogP contribution < -0.4 is 0 Å². The molecule has 0 radical (unpaired) electrons. The van der Waals surface area contributed by atoms with Gasteiger partial charge in [0.2, 0.25) is 0 Å². The van der Waals surface area contributed by atoms with Gasteiger partial charge < -0.3 is 4.74 Å². The Labute approximate surface area is 92.0 Å². The molecule has 2 nitrogen and oxygen atoms in total. The maximum Gasteiger partial charge on any atom is 0.341 e. The summed E-state index contributed by atoms with van der Waals surface area (Å²) in [5.74, 6) is -0.383. The van der Waals surface area contributed by atoms with E-state index in [-0.39, 0.29) is 5.97 Å². The number of hydrogen-bond acceptors (Lipinski definition) is 3. The lowest BCUT2D eigenvalue weighted by Gasteiger charge is -2.01. The summed E-state index contributed by atoms with van der Waals surface area (Å²) in [5, 5.41) is 1.04. The molecular weight excluding hydrogens is 196 g/mol. The zero-order valence-electron chi connectivity index (χ0n) is 8.96. The van der Waals surface area contributed by atoms with Gasteiger partial charge in [0, 0.05) is 0 Å². The second-order valence-corrected chi connectivity index (χ2v) is 3.64. The summed E-state index contributed by atoms with van der Waals surface area (Å²) in [5.41, 5.74) is 0. The van der Waals surface area contributed by atoms with Crippen molar-refractivity contribution in [1.29, 1.82) is 0 Å². The summed E-state index contributed by atoms with van der Waals surface area (Å²) in [6, 6.07) is 0. The number of unbranched alkanes of at least 4 members (excludes halogenated alkanes) is 6. The lowest BCUT2D eigenvalue weighted by atomic mass is 10.1. The molecule has 3 heteroatoms. The second-order valence-electron chi connectivity index (χ2n) is 3.41. The molecule has 0 aromatic heterocycles. The Balaban J connectivity index is 2.99. The molecule has 0 fully saturated rings. The van der Waals surface area contributed by atoms with Crippen LogP contribution in [0.5, 0.6) is 0 Å². The fourth-order valence-corrected chi connectivity index (χ4v) is 1.33. The molecule has 0 aliphatic rings. The fraction of sp³-hybridized carbons (Fsp3) is 0.818. The minimum absolute atomic E-state index is 0.383. The van der Waals surface area contributed by atoms with Crippen molar-refractivity contribution in [3.63, 3.8) is 0 Å². The number of rotatable bonds is 9. The first-order valence-electron chi connectivity index (χ1n) is 5.43. The van der Waals surface area contributed by atoms with E-state index in [2.05, 4.69) is 19.1 Å². The SMILES string of the molecule is CCCCCCCCCOC(=O)C=S. The van der Waals surface area contributed by atoms with Crippen LogP contribution in [0, 0.1) is 0 Å². The lowest BCUT2D eigenvalue weighted by molar-refractivity contribution is -0.134. The van der Waals surface area contributed by atoms with Gasteiger partial charge in [0.25, 0.3) is 0 Å². The van der Waals surface area contributed by atoms with Crippen LogP contribution in [-0.4, -0.2) is 17.9 Å². The van der Waals surface area contributed by atoms with Crippen LogP contribution in [0.25, 0.3) is 0 Å². The zero-order chi connectivity index (χ0) is 10.6. The van der Waals surface area contributed by atoms with Crippen LogP contribution >= 0.6 is 12.2 Å². The van der Waals surface area contributed by atoms with Gasteiger partial charge in [0.1, 0.15) is 0 Å². The lowest BCUT2D eigenvalue weighted by Crippen LogP contribution is -2.05. The van der Waals surface area contributed by atoms with Crippen LogP contribution in [0.4, 0.5) is 0 Å². The van der Waals surface area contributed by atoms with Crippen molar-refractivity contribution in [3.05, 3.63) is 0 Å². The number of esters is 1. The molecule has 0 saturated heterocycles. The summed E-state index contributed by atoms with van der Waals surface area (Å²) in [7, 11) is 0. The van der Waals surface area contributed by atoms with Gasteiger partial charge in [-0.2, -0.15) is 0 Å². The molecule has 14 heavy (non-hydrogen) atoms. The number of carbonyl (C=O) groups excluding carboxylic acids is 1. The highest BCUT2D eigenvalue weighted by Crippen LogP contribution is 2.06. The number of hydrogen-bond donors (Lipinski definition) is 0. The average Bonchev–Trinajstić information content (AvgIpc) is 2.21. The first-order valence-corrected chi connectivity index (χ1v) is 5.90. The molecule has 0 spiro atoms. The Hall–Kier alpha value is -0.440. The molecule has 82 valence electrons. The summed E-state index contributed by atoms with van der Waals surface area (Å²) >= 11 is 4.42. The van der Waals surface area contributed by atoms with Gasteiger partial charge in [-0.05, 0) is 6.42 Å². The second kappa shape index (κ2) is 10.6. The minimum Gasteiger partial charge on any atom is -0.462 e.